The quantitative estimate of drug-likeness (QED) is 0.678. The van der Waals surface area contributed by atoms with Gasteiger partial charge >= 0.3 is 0 Å². The number of carbonyl (C=O) groups is 1. The molecule has 1 spiro atoms. The van der Waals surface area contributed by atoms with Crippen LogP contribution in [0.5, 0.6) is 0 Å². The predicted octanol–water partition coefficient (Wildman–Crippen LogP) is 3.39. The molecule has 0 aromatic rings. The van der Waals surface area contributed by atoms with Gasteiger partial charge in [-0.15, -0.1) is 0 Å². The van der Waals surface area contributed by atoms with E-state index in [1.165, 1.54) is 30.4 Å². The number of rotatable bonds is 0. The molecule has 0 amide bonds. The van der Waals surface area contributed by atoms with E-state index >= 15 is 0 Å². The minimum atomic E-state index is -1.03. The molecule has 104 valence electrons. The Bertz CT molecular complexity index is 529. The molecule has 1 N–H and O–H groups in total. The molecule has 0 aromatic heterocycles. The highest BCUT2D eigenvalue weighted by atomic mass is 16.3. The monoisotopic (exact) mass is 260 g/mol. The summed E-state index contributed by atoms with van der Waals surface area (Å²) >= 11 is 0. The average molecular weight is 260 g/mol. The molecule has 4 bridgehead atoms. The second-order valence-electron chi connectivity index (χ2n) is 7.97. The molecule has 4 aliphatic carbocycles. The molecule has 0 radical (unpaired) electrons. The van der Waals surface area contributed by atoms with Gasteiger partial charge in [-0.25, -0.2) is 0 Å². The highest BCUT2D eigenvalue weighted by Crippen LogP contribution is 2.84. The minimum absolute atomic E-state index is 0.112. The molecule has 4 atom stereocenters. The Hall–Kier alpha value is -0.630. The highest BCUT2D eigenvalue weighted by Gasteiger charge is 2.82. The maximum Gasteiger partial charge on any atom is 0.165 e. The maximum absolute atomic E-state index is 12.7. The first kappa shape index (κ1) is 12.1. The number of aliphatic hydroxyl groups is 1. The van der Waals surface area contributed by atoms with Crippen LogP contribution in [0.15, 0.2) is 11.1 Å². The summed E-state index contributed by atoms with van der Waals surface area (Å²) in [5, 5.41) is 11.1. The van der Waals surface area contributed by atoms with E-state index in [9.17, 15) is 9.90 Å². The van der Waals surface area contributed by atoms with E-state index in [0.717, 1.165) is 12.8 Å². The summed E-state index contributed by atoms with van der Waals surface area (Å²) in [5.74, 6) is 0.140. The predicted molar refractivity (Wildman–Crippen MR) is 73.6 cm³/mol. The Morgan fingerprint density at radius 3 is 2.53 bits per heavy atom. The summed E-state index contributed by atoms with van der Waals surface area (Å²) < 4.78 is 0. The van der Waals surface area contributed by atoms with E-state index in [1.54, 1.807) is 0 Å². The molecule has 4 aliphatic rings. The summed E-state index contributed by atoms with van der Waals surface area (Å²) in [5.41, 5.74) is 2.03. The molecule has 19 heavy (non-hydrogen) atoms. The van der Waals surface area contributed by atoms with E-state index in [4.69, 9.17) is 0 Å². The zero-order valence-electron chi connectivity index (χ0n) is 12.3. The lowest BCUT2D eigenvalue weighted by Gasteiger charge is -2.53. The SMILES string of the molecule is CC(C)=C1C[C@]2(C)[C@]34CCC[C@]13CC(=O)[C@@]2(O)CC4. The second-order valence-corrected chi connectivity index (χ2v) is 7.97. The Labute approximate surface area is 115 Å². The van der Waals surface area contributed by atoms with Crippen LogP contribution in [0.1, 0.15) is 65.7 Å². The number of carbonyl (C=O) groups excluding carboxylic acids is 1. The fraction of sp³-hybridized carbons (Fsp3) is 0.824. The van der Waals surface area contributed by atoms with Gasteiger partial charge in [-0.05, 0) is 51.4 Å². The first-order valence-corrected chi connectivity index (χ1v) is 7.76. The third-order valence-electron chi connectivity index (χ3n) is 7.64. The van der Waals surface area contributed by atoms with Crippen molar-refractivity contribution in [3.05, 3.63) is 11.1 Å². The summed E-state index contributed by atoms with van der Waals surface area (Å²) in [6.07, 6.45) is 6.95. The molecule has 2 nitrogen and oxygen atoms in total. The van der Waals surface area contributed by atoms with Crippen LogP contribution in [0.2, 0.25) is 0 Å². The van der Waals surface area contributed by atoms with Crippen molar-refractivity contribution in [2.45, 2.75) is 71.3 Å². The van der Waals surface area contributed by atoms with E-state index in [2.05, 4.69) is 20.8 Å². The molecule has 0 unspecified atom stereocenters. The Morgan fingerprint density at radius 2 is 1.84 bits per heavy atom. The van der Waals surface area contributed by atoms with Crippen molar-refractivity contribution < 1.29 is 9.90 Å². The molecule has 4 saturated carbocycles. The van der Waals surface area contributed by atoms with Crippen LogP contribution in [0, 0.1) is 16.2 Å². The molecule has 0 heterocycles. The van der Waals surface area contributed by atoms with Gasteiger partial charge in [-0.1, -0.05) is 24.5 Å². The minimum Gasteiger partial charge on any atom is -0.381 e. The number of hydrogen-bond acceptors (Lipinski definition) is 2. The Morgan fingerprint density at radius 1 is 1.11 bits per heavy atom. The first-order chi connectivity index (χ1) is 8.83. The third-order valence-corrected chi connectivity index (χ3v) is 7.64. The lowest BCUT2D eigenvalue weighted by atomic mass is 9.51. The smallest absolute Gasteiger partial charge is 0.165 e. The zero-order valence-corrected chi connectivity index (χ0v) is 12.3. The van der Waals surface area contributed by atoms with Crippen molar-refractivity contribution in [3.8, 4) is 0 Å². The van der Waals surface area contributed by atoms with Gasteiger partial charge in [0.05, 0.1) is 0 Å². The van der Waals surface area contributed by atoms with Gasteiger partial charge in [0, 0.05) is 17.3 Å². The van der Waals surface area contributed by atoms with Gasteiger partial charge in [0.2, 0.25) is 0 Å². The molecule has 4 rings (SSSR count). The van der Waals surface area contributed by atoms with E-state index in [0.29, 0.717) is 12.8 Å². The Kier molecular flexibility index (Phi) is 1.92. The lowest BCUT2D eigenvalue weighted by molar-refractivity contribution is -0.169. The number of allylic oxidation sites excluding steroid dienone is 2. The van der Waals surface area contributed by atoms with Crippen LogP contribution < -0.4 is 0 Å². The van der Waals surface area contributed by atoms with Gasteiger partial charge in [-0.3, -0.25) is 4.79 Å². The second kappa shape index (κ2) is 3.00. The highest BCUT2D eigenvalue weighted by molar-refractivity contribution is 5.92. The van der Waals surface area contributed by atoms with Crippen molar-refractivity contribution in [2.75, 3.05) is 0 Å². The van der Waals surface area contributed by atoms with Crippen LogP contribution in [0.25, 0.3) is 0 Å². The fourth-order valence-electron chi connectivity index (χ4n) is 6.85. The fourth-order valence-corrected chi connectivity index (χ4v) is 6.85. The van der Waals surface area contributed by atoms with Crippen molar-refractivity contribution in [3.63, 3.8) is 0 Å². The van der Waals surface area contributed by atoms with Crippen molar-refractivity contribution in [2.24, 2.45) is 16.2 Å². The summed E-state index contributed by atoms with van der Waals surface area (Å²) in [6.45, 7) is 6.61. The van der Waals surface area contributed by atoms with Crippen molar-refractivity contribution >= 4 is 5.78 Å². The molecular weight excluding hydrogens is 236 g/mol. The van der Waals surface area contributed by atoms with Crippen LogP contribution in [-0.2, 0) is 4.79 Å². The Balaban J connectivity index is 2.07. The summed E-state index contributed by atoms with van der Waals surface area (Å²) in [7, 11) is 0. The van der Waals surface area contributed by atoms with Crippen molar-refractivity contribution in [1.29, 1.82) is 0 Å². The van der Waals surface area contributed by atoms with Gasteiger partial charge in [-0.2, -0.15) is 0 Å². The molecule has 0 aromatic carbocycles. The van der Waals surface area contributed by atoms with Crippen LogP contribution in [-0.4, -0.2) is 16.5 Å². The van der Waals surface area contributed by atoms with Crippen LogP contribution in [0.4, 0.5) is 0 Å². The molecular formula is C17H24O2. The number of Topliss-reactive ketones (excluding diaryl/α,β-unsaturated/α-hetero) is 1. The molecule has 4 fully saturated rings. The van der Waals surface area contributed by atoms with E-state index in [-0.39, 0.29) is 22.0 Å². The molecule has 0 aliphatic heterocycles. The van der Waals surface area contributed by atoms with E-state index in [1.807, 2.05) is 0 Å². The van der Waals surface area contributed by atoms with Crippen LogP contribution in [0.3, 0.4) is 0 Å². The van der Waals surface area contributed by atoms with Crippen LogP contribution >= 0.6 is 0 Å². The first-order valence-electron chi connectivity index (χ1n) is 7.76. The normalized spacial score (nSPS) is 54.7. The number of ketones is 1. The third kappa shape index (κ3) is 0.904. The van der Waals surface area contributed by atoms with Gasteiger partial charge < -0.3 is 5.11 Å². The summed E-state index contributed by atoms with van der Waals surface area (Å²) in [4.78, 5) is 12.7. The van der Waals surface area contributed by atoms with Gasteiger partial charge in [0.15, 0.2) is 5.78 Å². The van der Waals surface area contributed by atoms with Crippen molar-refractivity contribution in [1.82, 2.24) is 0 Å². The molecule has 0 saturated heterocycles. The lowest BCUT2D eigenvalue weighted by Crippen LogP contribution is -2.59. The van der Waals surface area contributed by atoms with Gasteiger partial charge in [0.25, 0.3) is 0 Å². The zero-order chi connectivity index (χ0) is 13.7. The van der Waals surface area contributed by atoms with E-state index < -0.39 is 5.60 Å². The standard InChI is InChI=1S/C17H24O2/c1-11(2)12-9-14(3)16-6-4-5-15(12,16)10-13(18)17(14,19)8-7-16/h19H,4-10H2,1-3H3/t14-,15+,16-,17+/m1/s1. The largest absolute Gasteiger partial charge is 0.381 e. The molecule has 2 heteroatoms. The average Bonchev–Trinajstić information content (AvgIpc) is 2.83. The van der Waals surface area contributed by atoms with Gasteiger partial charge in [0.1, 0.15) is 5.60 Å². The summed E-state index contributed by atoms with van der Waals surface area (Å²) in [6, 6.07) is 0. The number of hydrogen-bond donors (Lipinski definition) is 1. The maximum atomic E-state index is 12.7. The topological polar surface area (TPSA) is 37.3 Å².